The Hall–Kier alpha value is -3.15. The first-order valence-electron chi connectivity index (χ1n) is 15.0. The third kappa shape index (κ3) is 9.94. The Morgan fingerprint density at radius 2 is 1.88 bits per heavy atom. The molecule has 2 atom stereocenters. The van der Waals surface area contributed by atoms with E-state index in [9.17, 15) is 18.0 Å². The summed E-state index contributed by atoms with van der Waals surface area (Å²) in [6.45, 7) is 18.2. The van der Waals surface area contributed by atoms with Gasteiger partial charge in [0.05, 0.1) is 24.6 Å². The molecule has 0 saturated carbocycles. The van der Waals surface area contributed by atoms with Crippen LogP contribution >= 0.6 is 0 Å². The summed E-state index contributed by atoms with van der Waals surface area (Å²) in [6.07, 6.45) is 3.06. The van der Waals surface area contributed by atoms with Gasteiger partial charge in [-0.2, -0.15) is 0 Å². The van der Waals surface area contributed by atoms with E-state index in [2.05, 4.69) is 10.3 Å². The normalized spacial score (nSPS) is 18.0. The first-order valence-corrected chi connectivity index (χ1v) is 16.8. The second kappa shape index (κ2) is 13.7. The van der Waals surface area contributed by atoms with Crippen LogP contribution in [0.2, 0.25) is 0 Å². The summed E-state index contributed by atoms with van der Waals surface area (Å²) in [6, 6.07) is 3.19. The lowest BCUT2D eigenvalue weighted by molar-refractivity contribution is 0.00270. The van der Waals surface area contributed by atoms with Crippen LogP contribution < -0.4 is 5.32 Å². The largest absolute Gasteiger partial charge is 0.467 e. The highest BCUT2D eigenvalue weighted by Crippen LogP contribution is 2.29. The smallest absolute Gasteiger partial charge is 0.410 e. The molecular formula is C31H49N5O6S. The van der Waals surface area contributed by atoms with Crippen molar-refractivity contribution in [2.24, 2.45) is 11.8 Å². The van der Waals surface area contributed by atoms with E-state index in [-0.39, 0.29) is 47.8 Å². The van der Waals surface area contributed by atoms with Crippen molar-refractivity contribution in [3.05, 3.63) is 41.7 Å². The van der Waals surface area contributed by atoms with Crippen LogP contribution in [-0.2, 0) is 26.5 Å². The Morgan fingerprint density at radius 1 is 1.19 bits per heavy atom. The van der Waals surface area contributed by atoms with Gasteiger partial charge in [0.15, 0.2) is 0 Å². The van der Waals surface area contributed by atoms with Crippen molar-refractivity contribution in [3.63, 3.8) is 0 Å². The van der Waals surface area contributed by atoms with Crippen molar-refractivity contribution in [1.82, 2.24) is 19.8 Å². The summed E-state index contributed by atoms with van der Waals surface area (Å²) in [5, 5.41) is 3.26. The highest BCUT2D eigenvalue weighted by molar-refractivity contribution is 7.91. The van der Waals surface area contributed by atoms with Crippen molar-refractivity contribution >= 4 is 27.7 Å². The molecule has 1 saturated heterocycles. The molecule has 3 rings (SSSR count). The van der Waals surface area contributed by atoms with Gasteiger partial charge in [-0.25, -0.2) is 23.2 Å². The quantitative estimate of drug-likeness (QED) is 0.384. The Kier molecular flexibility index (Phi) is 10.9. The number of hydrogen-bond donors (Lipinski definition) is 1. The number of sulfone groups is 1. The van der Waals surface area contributed by atoms with Gasteiger partial charge in [0.25, 0.3) is 5.91 Å². The molecule has 2 aromatic rings. The predicted molar refractivity (Wildman–Crippen MR) is 167 cm³/mol. The summed E-state index contributed by atoms with van der Waals surface area (Å²) in [4.78, 5) is 40.2. The topological polar surface area (TPSA) is 135 Å². The number of carbonyl (C=O) groups excluding carboxylic acids is 2. The van der Waals surface area contributed by atoms with Crippen LogP contribution in [-0.4, -0.2) is 83.0 Å². The van der Waals surface area contributed by atoms with Gasteiger partial charge in [-0.05, 0) is 51.2 Å². The van der Waals surface area contributed by atoms with E-state index in [0.717, 1.165) is 0 Å². The molecule has 43 heavy (non-hydrogen) atoms. The minimum atomic E-state index is -3.32. The van der Waals surface area contributed by atoms with E-state index in [1.807, 2.05) is 40.7 Å². The number of anilines is 1. The molecule has 1 aliphatic heterocycles. The number of nitrogens with one attached hydrogen (secondary N) is 1. The molecule has 0 aromatic carbocycles. The molecule has 1 aliphatic rings. The maximum Gasteiger partial charge on any atom is 0.410 e. The molecule has 0 radical (unpaired) electrons. The van der Waals surface area contributed by atoms with Gasteiger partial charge in [-0.1, -0.05) is 41.5 Å². The molecule has 0 spiro atoms. The SMILES string of the molecule is CCS(=O)(=O)C[C@H]1CC(N(CC(C)C)C(=O)c2cnc(C(C)(C)C)nc2NCc2ccco2)CN(C(=O)OC(C)(C)C)C1. The average Bonchev–Trinajstić information content (AvgIpc) is 3.42. The number of amides is 2. The molecule has 240 valence electrons. The van der Waals surface area contributed by atoms with Gasteiger partial charge >= 0.3 is 6.09 Å². The Balaban J connectivity index is 2.02. The van der Waals surface area contributed by atoms with E-state index in [1.165, 1.54) is 0 Å². The standard InChI is InChI=1S/C31H49N5O6S/c1-10-43(39,40)20-22-14-23(19-35(18-22)29(38)42-31(7,8)9)36(17-21(2)3)27(37)25-16-33-28(30(4,5)6)34-26(25)32-15-24-12-11-13-41-24/h11-13,16,21-23H,10,14-15,17-20H2,1-9H3,(H,32,33,34)/t22-,23?/m0/s1. The second-order valence-corrected chi connectivity index (χ2v) is 16.2. The number of carbonyl (C=O) groups is 2. The lowest BCUT2D eigenvalue weighted by Gasteiger charge is -2.43. The van der Waals surface area contributed by atoms with Crippen LogP contribution in [0.1, 0.15) is 90.7 Å². The highest BCUT2D eigenvalue weighted by atomic mass is 32.2. The Morgan fingerprint density at radius 3 is 2.44 bits per heavy atom. The zero-order valence-corrected chi connectivity index (χ0v) is 28.0. The van der Waals surface area contributed by atoms with E-state index < -0.39 is 27.6 Å². The number of rotatable bonds is 10. The van der Waals surface area contributed by atoms with Gasteiger partial charge < -0.3 is 24.3 Å². The first-order chi connectivity index (χ1) is 19.9. The fraction of sp³-hybridized carbons (Fsp3) is 0.677. The Bertz CT molecular complexity index is 1350. The zero-order valence-electron chi connectivity index (χ0n) is 27.1. The fourth-order valence-corrected chi connectivity index (χ4v) is 6.23. The summed E-state index contributed by atoms with van der Waals surface area (Å²) >= 11 is 0. The second-order valence-electron chi connectivity index (χ2n) is 13.8. The molecule has 2 amide bonds. The molecule has 0 aliphatic carbocycles. The Labute approximate surface area is 256 Å². The van der Waals surface area contributed by atoms with E-state index in [4.69, 9.17) is 14.1 Å². The third-order valence-electron chi connectivity index (χ3n) is 7.06. The van der Waals surface area contributed by atoms with Crippen LogP contribution in [0.5, 0.6) is 0 Å². The molecule has 2 aromatic heterocycles. The first kappa shape index (κ1) is 34.3. The zero-order chi connectivity index (χ0) is 32.2. The minimum Gasteiger partial charge on any atom is -0.467 e. The van der Waals surface area contributed by atoms with E-state index in [0.29, 0.717) is 42.5 Å². The van der Waals surface area contributed by atoms with Crippen molar-refractivity contribution in [2.45, 2.75) is 92.3 Å². The van der Waals surface area contributed by atoms with Crippen LogP contribution in [0, 0.1) is 11.8 Å². The van der Waals surface area contributed by atoms with E-state index >= 15 is 0 Å². The predicted octanol–water partition coefficient (Wildman–Crippen LogP) is 5.14. The minimum absolute atomic E-state index is 0.0113. The number of hydrogen-bond acceptors (Lipinski definition) is 9. The monoisotopic (exact) mass is 619 g/mol. The molecule has 12 heteroatoms. The van der Waals surface area contributed by atoms with Gasteiger partial charge in [0.1, 0.15) is 38.4 Å². The molecule has 0 bridgehead atoms. The molecule has 1 fully saturated rings. The number of furan rings is 1. The summed E-state index contributed by atoms with van der Waals surface area (Å²) in [7, 11) is -3.32. The van der Waals surface area contributed by atoms with Gasteiger partial charge in [-0.15, -0.1) is 0 Å². The van der Waals surface area contributed by atoms with Crippen molar-refractivity contribution in [2.75, 3.05) is 36.5 Å². The van der Waals surface area contributed by atoms with Crippen molar-refractivity contribution < 1.29 is 27.2 Å². The maximum atomic E-state index is 14.4. The molecule has 11 nitrogen and oxygen atoms in total. The van der Waals surface area contributed by atoms with Crippen LogP contribution in [0.25, 0.3) is 0 Å². The van der Waals surface area contributed by atoms with Crippen LogP contribution in [0.3, 0.4) is 0 Å². The number of aromatic nitrogens is 2. The third-order valence-corrected chi connectivity index (χ3v) is 8.92. The highest BCUT2D eigenvalue weighted by Gasteiger charge is 2.39. The summed E-state index contributed by atoms with van der Waals surface area (Å²) in [5.74, 6) is 1.07. The maximum absolute atomic E-state index is 14.4. The lowest BCUT2D eigenvalue weighted by atomic mass is 9.93. The molecule has 3 heterocycles. The summed E-state index contributed by atoms with van der Waals surface area (Å²) in [5.41, 5.74) is -0.772. The van der Waals surface area contributed by atoms with Crippen LogP contribution in [0.4, 0.5) is 10.6 Å². The van der Waals surface area contributed by atoms with Gasteiger partial charge in [-0.3, -0.25) is 4.79 Å². The van der Waals surface area contributed by atoms with Crippen molar-refractivity contribution in [1.29, 1.82) is 0 Å². The van der Waals surface area contributed by atoms with E-state index in [1.54, 1.807) is 56.0 Å². The van der Waals surface area contributed by atoms with Crippen molar-refractivity contribution in [3.8, 4) is 0 Å². The average molecular weight is 620 g/mol. The molecule has 1 N–H and O–H groups in total. The molecule has 1 unspecified atom stereocenters. The number of nitrogens with zero attached hydrogens (tertiary/aromatic N) is 4. The lowest BCUT2D eigenvalue weighted by Crippen LogP contribution is -2.56. The van der Waals surface area contributed by atoms with Crippen LogP contribution in [0.15, 0.2) is 29.0 Å². The van der Waals surface area contributed by atoms with Gasteiger partial charge in [0, 0.05) is 37.0 Å². The number of ether oxygens (including phenoxy) is 1. The van der Waals surface area contributed by atoms with Gasteiger partial charge in [0.2, 0.25) is 0 Å². The number of piperidine rings is 1. The molecular weight excluding hydrogens is 570 g/mol. The fourth-order valence-electron chi connectivity index (χ4n) is 5.04. The number of likely N-dealkylation sites (tertiary alicyclic amines) is 1. The summed E-state index contributed by atoms with van der Waals surface area (Å²) < 4.78 is 36.5.